The number of ether oxygens (including phenoxy) is 1. The number of carbonyl (C=O) groups is 1. The van der Waals surface area contributed by atoms with Gasteiger partial charge in [0.25, 0.3) is 0 Å². The number of amides is 1. The minimum absolute atomic E-state index is 0. The second kappa shape index (κ2) is 12.9. The van der Waals surface area contributed by atoms with E-state index in [0.29, 0.717) is 25.7 Å². The van der Waals surface area contributed by atoms with Crippen LogP contribution in [0.1, 0.15) is 43.2 Å². The molecule has 5 nitrogen and oxygen atoms in total. The van der Waals surface area contributed by atoms with E-state index >= 15 is 0 Å². The Morgan fingerprint density at radius 2 is 1.84 bits per heavy atom. The fraction of sp³-hybridized carbons (Fsp3) is 0.458. The zero-order valence-electron chi connectivity index (χ0n) is 17.8. The van der Waals surface area contributed by atoms with Crippen molar-refractivity contribution in [2.75, 3.05) is 19.6 Å². The SMILES string of the molecule is Cl.NCC1(c2cccc(Cl)c2)CCC(NCCCNC(=O)OCc2ccccc2)CC1. The first-order valence-electron chi connectivity index (χ1n) is 10.8. The van der Waals surface area contributed by atoms with Crippen molar-refractivity contribution >= 4 is 30.1 Å². The first kappa shape index (κ1) is 25.5. The van der Waals surface area contributed by atoms with Crippen LogP contribution in [0.3, 0.4) is 0 Å². The molecule has 7 heteroatoms. The minimum atomic E-state index is -0.370. The van der Waals surface area contributed by atoms with Crippen LogP contribution in [0.25, 0.3) is 0 Å². The minimum Gasteiger partial charge on any atom is -0.445 e. The Morgan fingerprint density at radius 3 is 2.52 bits per heavy atom. The third kappa shape index (κ3) is 7.69. The van der Waals surface area contributed by atoms with Crippen LogP contribution < -0.4 is 16.4 Å². The first-order chi connectivity index (χ1) is 14.6. The summed E-state index contributed by atoms with van der Waals surface area (Å²) in [5, 5.41) is 7.20. The molecule has 31 heavy (non-hydrogen) atoms. The van der Waals surface area contributed by atoms with Crippen LogP contribution in [0.5, 0.6) is 0 Å². The summed E-state index contributed by atoms with van der Waals surface area (Å²) in [4.78, 5) is 11.8. The lowest BCUT2D eigenvalue weighted by Gasteiger charge is -2.40. The van der Waals surface area contributed by atoms with E-state index in [9.17, 15) is 4.79 Å². The summed E-state index contributed by atoms with van der Waals surface area (Å²) >= 11 is 6.19. The molecule has 1 aliphatic carbocycles. The van der Waals surface area contributed by atoms with E-state index in [1.165, 1.54) is 5.56 Å². The molecule has 1 saturated carbocycles. The molecule has 0 bridgehead atoms. The van der Waals surface area contributed by atoms with Crippen molar-refractivity contribution in [3.63, 3.8) is 0 Å². The zero-order chi connectivity index (χ0) is 21.2. The van der Waals surface area contributed by atoms with Gasteiger partial charge in [0.05, 0.1) is 0 Å². The predicted molar refractivity (Wildman–Crippen MR) is 129 cm³/mol. The second-order valence-electron chi connectivity index (χ2n) is 8.07. The lowest BCUT2D eigenvalue weighted by Crippen LogP contribution is -2.44. The molecule has 0 heterocycles. The third-order valence-electron chi connectivity index (χ3n) is 6.04. The number of nitrogens with one attached hydrogen (secondary N) is 2. The molecule has 2 aromatic carbocycles. The Kier molecular flexibility index (Phi) is 10.6. The summed E-state index contributed by atoms with van der Waals surface area (Å²) in [6, 6.07) is 18.3. The Bertz CT molecular complexity index is 796. The largest absolute Gasteiger partial charge is 0.445 e. The second-order valence-corrected chi connectivity index (χ2v) is 8.50. The van der Waals surface area contributed by atoms with E-state index in [0.717, 1.165) is 49.2 Å². The molecule has 0 radical (unpaired) electrons. The molecule has 3 rings (SSSR count). The summed E-state index contributed by atoms with van der Waals surface area (Å²) in [6.45, 7) is 2.41. The Labute approximate surface area is 196 Å². The van der Waals surface area contributed by atoms with Gasteiger partial charge in [0, 0.05) is 29.6 Å². The van der Waals surface area contributed by atoms with Gasteiger partial charge in [-0.25, -0.2) is 4.79 Å². The van der Waals surface area contributed by atoms with Crippen LogP contribution in [0.4, 0.5) is 4.79 Å². The van der Waals surface area contributed by atoms with Gasteiger partial charge in [-0.05, 0) is 61.9 Å². The van der Waals surface area contributed by atoms with Crippen LogP contribution in [0.15, 0.2) is 54.6 Å². The molecule has 0 unspecified atom stereocenters. The molecular weight excluding hydrogens is 433 g/mol. The zero-order valence-corrected chi connectivity index (χ0v) is 19.4. The summed E-state index contributed by atoms with van der Waals surface area (Å²) in [5.74, 6) is 0. The van der Waals surface area contributed by atoms with Crippen molar-refractivity contribution in [3.05, 3.63) is 70.7 Å². The average Bonchev–Trinajstić information content (AvgIpc) is 2.79. The number of halogens is 2. The lowest BCUT2D eigenvalue weighted by atomic mass is 9.68. The maximum Gasteiger partial charge on any atom is 0.407 e. The third-order valence-corrected chi connectivity index (χ3v) is 6.27. The number of rotatable bonds is 9. The van der Waals surface area contributed by atoms with E-state index in [2.05, 4.69) is 22.8 Å². The first-order valence-corrected chi connectivity index (χ1v) is 11.1. The molecule has 4 N–H and O–H groups in total. The van der Waals surface area contributed by atoms with Gasteiger partial charge in [0.1, 0.15) is 6.61 Å². The van der Waals surface area contributed by atoms with E-state index in [-0.39, 0.29) is 23.9 Å². The van der Waals surface area contributed by atoms with Crippen molar-refractivity contribution < 1.29 is 9.53 Å². The molecule has 0 atom stereocenters. The van der Waals surface area contributed by atoms with Crippen LogP contribution in [-0.4, -0.2) is 31.8 Å². The van der Waals surface area contributed by atoms with Crippen LogP contribution in [0, 0.1) is 0 Å². The number of benzene rings is 2. The summed E-state index contributed by atoms with van der Waals surface area (Å²) in [5.41, 5.74) is 8.46. The number of nitrogens with two attached hydrogens (primary N) is 1. The number of alkyl carbamates (subject to hydrolysis) is 1. The molecule has 170 valence electrons. The van der Waals surface area contributed by atoms with E-state index < -0.39 is 0 Å². The molecule has 2 aromatic rings. The number of carbonyl (C=O) groups excluding carboxylic acids is 1. The van der Waals surface area contributed by atoms with Gasteiger partial charge in [-0.1, -0.05) is 54.1 Å². The Balaban J connectivity index is 0.00000341. The van der Waals surface area contributed by atoms with Crippen LogP contribution >= 0.6 is 24.0 Å². The molecule has 0 aliphatic heterocycles. The maximum absolute atomic E-state index is 11.8. The highest BCUT2D eigenvalue weighted by Crippen LogP contribution is 2.39. The molecule has 0 saturated heterocycles. The van der Waals surface area contributed by atoms with Gasteiger partial charge in [-0.3, -0.25) is 0 Å². The van der Waals surface area contributed by atoms with Gasteiger partial charge in [-0.15, -0.1) is 12.4 Å². The summed E-state index contributed by atoms with van der Waals surface area (Å²) in [7, 11) is 0. The predicted octanol–water partition coefficient (Wildman–Crippen LogP) is 4.81. The highest BCUT2D eigenvalue weighted by Gasteiger charge is 2.35. The smallest absolute Gasteiger partial charge is 0.407 e. The van der Waals surface area contributed by atoms with Crippen molar-refractivity contribution in [2.45, 2.75) is 50.2 Å². The highest BCUT2D eigenvalue weighted by atomic mass is 35.5. The van der Waals surface area contributed by atoms with Crippen LogP contribution in [0.2, 0.25) is 5.02 Å². The van der Waals surface area contributed by atoms with E-state index in [4.69, 9.17) is 22.1 Å². The number of hydrogen-bond donors (Lipinski definition) is 3. The molecule has 1 fully saturated rings. The van der Waals surface area contributed by atoms with Crippen molar-refractivity contribution in [2.24, 2.45) is 5.73 Å². The molecular formula is C24H33Cl2N3O2. The fourth-order valence-electron chi connectivity index (χ4n) is 4.16. The van der Waals surface area contributed by atoms with E-state index in [1.807, 2.05) is 42.5 Å². The van der Waals surface area contributed by atoms with E-state index in [1.54, 1.807) is 0 Å². The topological polar surface area (TPSA) is 76.4 Å². The van der Waals surface area contributed by atoms with Gasteiger partial charge >= 0.3 is 6.09 Å². The van der Waals surface area contributed by atoms with Gasteiger partial charge in [-0.2, -0.15) is 0 Å². The molecule has 1 amide bonds. The Hall–Kier alpha value is -1.79. The van der Waals surface area contributed by atoms with Gasteiger partial charge in [0.15, 0.2) is 0 Å². The summed E-state index contributed by atoms with van der Waals surface area (Å²) in [6.07, 6.45) is 4.81. The normalized spacial score (nSPS) is 20.5. The standard InChI is InChI=1S/C24H32ClN3O2.ClH/c25-21-9-4-8-20(16-21)24(18-26)12-10-22(11-13-24)27-14-5-15-28-23(29)30-17-19-6-2-1-3-7-19;/h1-4,6-9,16,22,27H,5,10-15,17-18,26H2,(H,28,29);1H. The lowest BCUT2D eigenvalue weighted by molar-refractivity contribution is 0.139. The van der Waals surface area contributed by atoms with Crippen LogP contribution in [-0.2, 0) is 16.8 Å². The van der Waals surface area contributed by atoms with Crippen molar-refractivity contribution in [1.29, 1.82) is 0 Å². The van der Waals surface area contributed by atoms with Crippen molar-refractivity contribution in [1.82, 2.24) is 10.6 Å². The quantitative estimate of drug-likeness (QED) is 0.464. The average molecular weight is 466 g/mol. The fourth-order valence-corrected chi connectivity index (χ4v) is 4.35. The molecule has 0 spiro atoms. The summed E-state index contributed by atoms with van der Waals surface area (Å²) < 4.78 is 5.22. The number of hydrogen-bond acceptors (Lipinski definition) is 4. The van der Waals surface area contributed by atoms with Gasteiger partial charge in [0.2, 0.25) is 0 Å². The maximum atomic E-state index is 11.8. The monoisotopic (exact) mass is 465 g/mol. The molecule has 0 aromatic heterocycles. The highest BCUT2D eigenvalue weighted by molar-refractivity contribution is 6.30. The Morgan fingerprint density at radius 1 is 1.10 bits per heavy atom. The molecule has 1 aliphatic rings. The van der Waals surface area contributed by atoms with Gasteiger partial charge < -0.3 is 21.1 Å². The van der Waals surface area contributed by atoms with Crippen molar-refractivity contribution in [3.8, 4) is 0 Å².